The summed E-state index contributed by atoms with van der Waals surface area (Å²) >= 11 is 0. The van der Waals surface area contributed by atoms with Gasteiger partial charge in [0.05, 0.1) is 5.56 Å². The molecule has 0 unspecified atom stereocenters. The molecule has 152 valence electrons. The number of carbonyl (C=O) groups is 1. The van der Waals surface area contributed by atoms with E-state index in [4.69, 9.17) is 0 Å². The van der Waals surface area contributed by atoms with E-state index in [2.05, 4.69) is 15.4 Å². The van der Waals surface area contributed by atoms with Crippen molar-refractivity contribution in [1.29, 1.82) is 0 Å². The molecule has 29 heavy (non-hydrogen) atoms. The van der Waals surface area contributed by atoms with Crippen LogP contribution < -0.4 is 5.32 Å². The van der Waals surface area contributed by atoms with Crippen LogP contribution in [0.15, 0.2) is 24.3 Å². The Kier molecular flexibility index (Phi) is 5.35. The first-order chi connectivity index (χ1) is 13.9. The highest BCUT2D eigenvalue weighted by atomic mass is 19.1. The van der Waals surface area contributed by atoms with Crippen molar-refractivity contribution in [1.82, 2.24) is 14.6 Å². The SMILES string of the molecule is Cc1cc(C)n2nc(NC(=O)CCC3CCCC3)c(-c3ccc(F)c(C)c3)c2n1. The summed E-state index contributed by atoms with van der Waals surface area (Å²) in [4.78, 5) is 17.3. The molecule has 0 radical (unpaired) electrons. The van der Waals surface area contributed by atoms with E-state index in [1.165, 1.54) is 31.7 Å². The Morgan fingerprint density at radius 3 is 2.69 bits per heavy atom. The van der Waals surface area contributed by atoms with E-state index >= 15 is 0 Å². The van der Waals surface area contributed by atoms with E-state index in [0.29, 0.717) is 29.4 Å². The molecule has 0 spiro atoms. The van der Waals surface area contributed by atoms with Crippen molar-refractivity contribution in [2.24, 2.45) is 5.92 Å². The van der Waals surface area contributed by atoms with E-state index in [1.54, 1.807) is 23.6 Å². The van der Waals surface area contributed by atoms with E-state index in [1.807, 2.05) is 19.9 Å². The number of nitrogens with one attached hydrogen (secondary N) is 1. The van der Waals surface area contributed by atoms with Crippen LogP contribution in [0.1, 0.15) is 55.5 Å². The van der Waals surface area contributed by atoms with Gasteiger partial charge in [-0.3, -0.25) is 4.79 Å². The van der Waals surface area contributed by atoms with Crippen LogP contribution in [0.5, 0.6) is 0 Å². The number of hydrogen-bond acceptors (Lipinski definition) is 3. The van der Waals surface area contributed by atoms with Gasteiger partial charge in [0.1, 0.15) is 5.82 Å². The molecule has 2 aromatic heterocycles. The zero-order valence-corrected chi connectivity index (χ0v) is 17.3. The summed E-state index contributed by atoms with van der Waals surface area (Å²) in [6.07, 6.45) is 6.41. The van der Waals surface area contributed by atoms with Crippen LogP contribution in [-0.4, -0.2) is 20.5 Å². The van der Waals surface area contributed by atoms with Crippen molar-refractivity contribution in [3.8, 4) is 11.1 Å². The van der Waals surface area contributed by atoms with Crippen molar-refractivity contribution in [2.75, 3.05) is 5.32 Å². The van der Waals surface area contributed by atoms with Gasteiger partial charge in [-0.05, 0) is 62.4 Å². The number of amides is 1. The summed E-state index contributed by atoms with van der Waals surface area (Å²) in [5, 5.41) is 7.63. The lowest BCUT2D eigenvalue weighted by molar-refractivity contribution is -0.116. The molecule has 0 bridgehead atoms. The first-order valence-electron chi connectivity index (χ1n) is 10.4. The van der Waals surface area contributed by atoms with Gasteiger partial charge in [0.25, 0.3) is 0 Å². The van der Waals surface area contributed by atoms with Gasteiger partial charge in [-0.2, -0.15) is 0 Å². The Balaban J connectivity index is 1.71. The van der Waals surface area contributed by atoms with Gasteiger partial charge in [0, 0.05) is 17.8 Å². The quantitative estimate of drug-likeness (QED) is 0.633. The van der Waals surface area contributed by atoms with Gasteiger partial charge in [-0.15, -0.1) is 5.10 Å². The molecule has 1 aliphatic carbocycles. The Bertz CT molecular complexity index is 1070. The number of aromatic nitrogens is 3. The summed E-state index contributed by atoms with van der Waals surface area (Å²) in [6.45, 7) is 5.62. The number of benzene rings is 1. The molecule has 3 aromatic rings. The summed E-state index contributed by atoms with van der Waals surface area (Å²) in [7, 11) is 0. The van der Waals surface area contributed by atoms with Crippen LogP contribution >= 0.6 is 0 Å². The maximum atomic E-state index is 13.8. The molecule has 4 rings (SSSR count). The lowest BCUT2D eigenvalue weighted by atomic mass is 10.0. The van der Waals surface area contributed by atoms with Gasteiger partial charge in [-0.25, -0.2) is 13.9 Å². The van der Waals surface area contributed by atoms with Gasteiger partial charge in [0.2, 0.25) is 5.91 Å². The minimum Gasteiger partial charge on any atom is -0.309 e. The molecular formula is C23H27FN4O. The van der Waals surface area contributed by atoms with Crippen LogP contribution in [0, 0.1) is 32.5 Å². The number of aryl methyl sites for hydroxylation is 3. The molecule has 1 saturated carbocycles. The molecular weight excluding hydrogens is 367 g/mol. The van der Waals surface area contributed by atoms with Gasteiger partial charge in [-0.1, -0.05) is 31.7 Å². The number of fused-ring (bicyclic) bond motifs is 1. The molecule has 0 atom stereocenters. The minimum atomic E-state index is -0.257. The average Bonchev–Trinajstić information content (AvgIpc) is 3.30. The fourth-order valence-electron chi connectivity index (χ4n) is 4.30. The third-order valence-electron chi connectivity index (χ3n) is 5.85. The summed E-state index contributed by atoms with van der Waals surface area (Å²) < 4.78 is 15.6. The van der Waals surface area contributed by atoms with Crippen molar-refractivity contribution >= 4 is 17.4 Å². The number of anilines is 1. The second kappa shape index (κ2) is 7.93. The molecule has 6 heteroatoms. The summed E-state index contributed by atoms with van der Waals surface area (Å²) in [6, 6.07) is 6.89. The zero-order valence-electron chi connectivity index (χ0n) is 17.3. The fourth-order valence-corrected chi connectivity index (χ4v) is 4.30. The predicted octanol–water partition coefficient (Wildman–Crippen LogP) is 5.37. The highest BCUT2D eigenvalue weighted by Gasteiger charge is 2.21. The van der Waals surface area contributed by atoms with Crippen molar-refractivity contribution in [3.05, 3.63) is 47.0 Å². The normalized spacial score (nSPS) is 14.6. The maximum absolute atomic E-state index is 13.8. The Morgan fingerprint density at radius 2 is 1.97 bits per heavy atom. The van der Waals surface area contributed by atoms with Crippen molar-refractivity contribution < 1.29 is 9.18 Å². The van der Waals surface area contributed by atoms with E-state index < -0.39 is 0 Å². The van der Waals surface area contributed by atoms with Crippen LogP contribution in [-0.2, 0) is 4.79 Å². The van der Waals surface area contributed by atoms with Gasteiger partial charge in [0.15, 0.2) is 11.5 Å². The van der Waals surface area contributed by atoms with Crippen molar-refractivity contribution in [2.45, 2.75) is 59.3 Å². The monoisotopic (exact) mass is 394 g/mol. The molecule has 1 aromatic carbocycles. The lowest BCUT2D eigenvalue weighted by Gasteiger charge is -2.09. The molecule has 0 saturated heterocycles. The highest BCUT2D eigenvalue weighted by molar-refractivity contribution is 5.98. The first kappa shape index (κ1) is 19.6. The largest absolute Gasteiger partial charge is 0.309 e. The Labute approximate surface area is 170 Å². The molecule has 5 nitrogen and oxygen atoms in total. The van der Waals surface area contributed by atoms with Crippen LogP contribution in [0.3, 0.4) is 0 Å². The van der Waals surface area contributed by atoms with E-state index in [-0.39, 0.29) is 11.7 Å². The molecule has 0 aliphatic heterocycles. The van der Waals surface area contributed by atoms with Gasteiger partial charge < -0.3 is 5.32 Å². The third-order valence-corrected chi connectivity index (χ3v) is 5.85. The molecule has 1 aliphatic rings. The van der Waals surface area contributed by atoms with Crippen LogP contribution in [0.4, 0.5) is 10.2 Å². The maximum Gasteiger partial charge on any atom is 0.225 e. The first-order valence-corrected chi connectivity index (χ1v) is 10.4. The smallest absolute Gasteiger partial charge is 0.225 e. The zero-order chi connectivity index (χ0) is 20.5. The number of carbonyl (C=O) groups excluding carboxylic acids is 1. The van der Waals surface area contributed by atoms with Crippen LogP contribution in [0.25, 0.3) is 16.8 Å². The number of rotatable bonds is 5. The standard InChI is InChI=1S/C23H27FN4O/c1-14-12-18(9-10-19(14)24)21-22(26-20(29)11-8-17-6-4-5-7-17)27-28-16(3)13-15(2)25-23(21)28/h9-10,12-13,17H,4-8,11H2,1-3H3,(H,26,27,29). The van der Waals surface area contributed by atoms with Gasteiger partial charge >= 0.3 is 0 Å². The fraction of sp³-hybridized carbons (Fsp3) is 0.435. The summed E-state index contributed by atoms with van der Waals surface area (Å²) in [5.74, 6) is 0.851. The number of halogens is 1. The van der Waals surface area contributed by atoms with E-state index in [0.717, 1.165) is 28.9 Å². The summed E-state index contributed by atoms with van der Waals surface area (Å²) in [5.41, 5.74) is 4.54. The number of hydrogen-bond donors (Lipinski definition) is 1. The predicted molar refractivity (Wildman–Crippen MR) is 112 cm³/mol. The Hall–Kier alpha value is -2.76. The average molecular weight is 394 g/mol. The minimum absolute atomic E-state index is 0.0326. The molecule has 2 heterocycles. The molecule has 1 amide bonds. The highest BCUT2D eigenvalue weighted by Crippen LogP contribution is 2.34. The topological polar surface area (TPSA) is 59.3 Å². The van der Waals surface area contributed by atoms with Crippen LogP contribution in [0.2, 0.25) is 0 Å². The second-order valence-corrected chi connectivity index (χ2v) is 8.20. The van der Waals surface area contributed by atoms with E-state index in [9.17, 15) is 9.18 Å². The lowest BCUT2D eigenvalue weighted by Crippen LogP contribution is -2.13. The second-order valence-electron chi connectivity index (χ2n) is 8.20. The molecule has 1 fully saturated rings. The van der Waals surface area contributed by atoms with Crippen molar-refractivity contribution in [3.63, 3.8) is 0 Å². The Morgan fingerprint density at radius 1 is 1.21 bits per heavy atom. The molecule has 1 N–H and O–H groups in total. The third kappa shape index (κ3) is 4.02. The number of nitrogens with zero attached hydrogens (tertiary/aromatic N) is 3.